The van der Waals surface area contributed by atoms with Crippen molar-refractivity contribution in [2.75, 3.05) is 0 Å². The number of hydrogen-bond donors (Lipinski definition) is 0. The van der Waals surface area contributed by atoms with Gasteiger partial charge in [-0.1, -0.05) is 60.7 Å². The predicted octanol–water partition coefficient (Wildman–Crippen LogP) is 2.87. The molecule has 0 saturated carbocycles. The summed E-state index contributed by atoms with van der Waals surface area (Å²) < 4.78 is 0. The van der Waals surface area contributed by atoms with Crippen molar-refractivity contribution in [3.63, 3.8) is 0 Å². The third kappa shape index (κ3) is 2.34. The Morgan fingerprint density at radius 1 is 0.810 bits per heavy atom. The molecule has 0 saturated heterocycles. The fourth-order valence-corrected chi connectivity index (χ4v) is 2.47. The molecule has 21 heavy (non-hydrogen) atoms. The minimum Gasteiger partial charge on any atom is -0.290 e. The van der Waals surface area contributed by atoms with Gasteiger partial charge in [0.15, 0.2) is 5.78 Å². The number of carbonyl (C=O) groups is 3. The van der Waals surface area contributed by atoms with Gasteiger partial charge >= 0.3 is 0 Å². The highest BCUT2D eigenvalue weighted by molar-refractivity contribution is 6.57. The number of ketones is 3. The molecule has 102 valence electrons. The van der Waals surface area contributed by atoms with Crippen LogP contribution >= 0.6 is 0 Å². The molecule has 1 aliphatic carbocycles. The Hall–Kier alpha value is -2.81. The van der Waals surface area contributed by atoms with Crippen LogP contribution in [0.15, 0.2) is 66.2 Å². The van der Waals surface area contributed by atoms with Crippen molar-refractivity contribution in [3.8, 4) is 0 Å². The van der Waals surface area contributed by atoms with E-state index in [0.29, 0.717) is 11.1 Å². The molecule has 1 aliphatic rings. The summed E-state index contributed by atoms with van der Waals surface area (Å²) in [4.78, 5) is 36.4. The molecule has 2 aromatic carbocycles. The van der Waals surface area contributed by atoms with Crippen molar-refractivity contribution in [2.45, 2.75) is 6.42 Å². The smallest absolute Gasteiger partial charge is 0.233 e. The lowest BCUT2D eigenvalue weighted by molar-refractivity contribution is -0.132. The Bertz CT molecular complexity index is 756. The molecule has 0 atom stereocenters. The van der Waals surface area contributed by atoms with E-state index < -0.39 is 11.6 Å². The van der Waals surface area contributed by atoms with Crippen molar-refractivity contribution in [1.29, 1.82) is 0 Å². The van der Waals surface area contributed by atoms with Crippen LogP contribution in [0, 0.1) is 0 Å². The van der Waals surface area contributed by atoms with E-state index >= 15 is 0 Å². The van der Waals surface area contributed by atoms with E-state index in [-0.39, 0.29) is 17.8 Å². The molecule has 3 rings (SSSR count). The molecule has 0 bridgehead atoms. The minimum atomic E-state index is -0.678. The second kappa shape index (κ2) is 5.29. The summed E-state index contributed by atoms with van der Waals surface area (Å²) in [7, 11) is 0. The minimum absolute atomic E-state index is 0.00322. The SMILES string of the molecule is O=C1CC(c2ccccc2)=C(C(=O)c2ccccc2)C1=O. The topological polar surface area (TPSA) is 51.2 Å². The standard InChI is InChI=1S/C18H12O3/c19-15-11-14(12-7-3-1-4-8-12)16(18(15)21)17(20)13-9-5-2-6-10-13/h1-10H,11H2. The first-order chi connectivity index (χ1) is 10.2. The Morgan fingerprint density at radius 2 is 1.38 bits per heavy atom. The van der Waals surface area contributed by atoms with Crippen LogP contribution in [0.1, 0.15) is 22.3 Å². The highest BCUT2D eigenvalue weighted by Gasteiger charge is 2.36. The van der Waals surface area contributed by atoms with Crippen molar-refractivity contribution in [1.82, 2.24) is 0 Å². The molecule has 0 unspecified atom stereocenters. The molecule has 3 nitrogen and oxygen atoms in total. The van der Waals surface area contributed by atoms with Gasteiger partial charge in [0, 0.05) is 12.0 Å². The first-order valence-electron chi connectivity index (χ1n) is 6.64. The molecular formula is C18H12O3. The maximum atomic E-state index is 12.6. The van der Waals surface area contributed by atoms with Gasteiger partial charge in [0.05, 0.1) is 5.57 Å². The molecule has 0 amide bonds. The van der Waals surface area contributed by atoms with Crippen molar-refractivity contribution in [3.05, 3.63) is 77.4 Å². The van der Waals surface area contributed by atoms with Crippen LogP contribution in [0.5, 0.6) is 0 Å². The quantitative estimate of drug-likeness (QED) is 0.492. The Balaban J connectivity index is 2.13. The Morgan fingerprint density at radius 3 is 2.00 bits per heavy atom. The van der Waals surface area contributed by atoms with Gasteiger partial charge in [0.1, 0.15) is 0 Å². The summed E-state index contributed by atoms with van der Waals surface area (Å²) in [5.74, 6) is -1.58. The van der Waals surface area contributed by atoms with Crippen molar-refractivity contribution in [2.24, 2.45) is 0 Å². The fraction of sp³-hybridized carbons (Fsp3) is 0.0556. The van der Waals surface area contributed by atoms with E-state index in [4.69, 9.17) is 0 Å². The number of benzene rings is 2. The van der Waals surface area contributed by atoms with E-state index in [9.17, 15) is 14.4 Å². The molecular weight excluding hydrogens is 264 g/mol. The summed E-state index contributed by atoms with van der Waals surface area (Å²) in [6, 6.07) is 17.7. The second-order valence-electron chi connectivity index (χ2n) is 4.84. The maximum absolute atomic E-state index is 12.6. The van der Waals surface area contributed by atoms with Crippen molar-refractivity contribution < 1.29 is 14.4 Å². The van der Waals surface area contributed by atoms with Gasteiger partial charge < -0.3 is 0 Å². The number of allylic oxidation sites excluding steroid dienone is 2. The van der Waals surface area contributed by atoms with E-state index in [0.717, 1.165) is 5.56 Å². The number of hydrogen-bond acceptors (Lipinski definition) is 3. The van der Waals surface area contributed by atoms with Gasteiger partial charge in [-0.25, -0.2) is 0 Å². The van der Waals surface area contributed by atoms with Crippen LogP contribution in [0.2, 0.25) is 0 Å². The van der Waals surface area contributed by atoms with Gasteiger partial charge in [-0.3, -0.25) is 14.4 Å². The summed E-state index contributed by atoms with van der Waals surface area (Å²) in [6.45, 7) is 0. The van der Waals surface area contributed by atoms with Gasteiger partial charge in [-0.2, -0.15) is 0 Å². The zero-order valence-electron chi connectivity index (χ0n) is 11.2. The van der Waals surface area contributed by atoms with E-state index in [1.165, 1.54) is 0 Å². The van der Waals surface area contributed by atoms with Crippen molar-refractivity contribution >= 4 is 22.9 Å². The molecule has 0 radical (unpaired) electrons. The van der Waals surface area contributed by atoms with Gasteiger partial charge in [-0.05, 0) is 11.1 Å². The van der Waals surface area contributed by atoms with Gasteiger partial charge in [0.25, 0.3) is 0 Å². The third-order valence-corrected chi connectivity index (χ3v) is 3.50. The van der Waals surface area contributed by atoms with Crippen LogP contribution in [-0.2, 0) is 9.59 Å². The lowest BCUT2D eigenvalue weighted by Crippen LogP contribution is -2.15. The zero-order valence-corrected chi connectivity index (χ0v) is 11.2. The molecule has 0 fully saturated rings. The van der Waals surface area contributed by atoms with E-state index in [2.05, 4.69) is 0 Å². The first-order valence-corrected chi connectivity index (χ1v) is 6.64. The second-order valence-corrected chi connectivity index (χ2v) is 4.84. The largest absolute Gasteiger partial charge is 0.290 e. The molecule has 0 spiro atoms. The predicted molar refractivity (Wildman–Crippen MR) is 78.8 cm³/mol. The van der Waals surface area contributed by atoms with E-state index in [1.54, 1.807) is 42.5 Å². The molecule has 0 aromatic heterocycles. The fourth-order valence-electron chi connectivity index (χ4n) is 2.47. The highest BCUT2D eigenvalue weighted by atomic mass is 16.2. The normalized spacial score (nSPS) is 14.7. The van der Waals surface area contributed by atoms with Crippen LogP contribution in [0.25, 0.3) is 5.57 Å². The Kier molecular flexibility index (Phi) is 3.32. The van der Waals surface area contributed by atoms with Crippen LogP contribution in [-0.4, -0.2) is 17.3 Å². The number of rotatable bonds is 3. The summed E-state index contributed by atoms with van der Waals surface area (Å²) in [5.41, 5.74) is 1.71. The van der Waals surface area contributed by atoms with E-state index in [1.807, 2.05) is 18.2 Å². The number of carbonyl (C=O) groups excluding carboxylic acids is 3. The molecule has 3 heteroatoms. The molecule has 2 aromatic rings. The maximum Gasteiger partial charge on any atom is 0.233 e. The molecule has 0 N–H and O–H groups in total. The summed E-state index contributed by atoms with van der Waals surface area (Å²) in [6.07, 6.45) is -0.00322. The lowest BCUT2D eigenvalue weighted by atomic mass is 9.96. The van der Waals surface area contributed by atoms with Gasteiger partial charge in [-0.15, -0.1) is 0 Å². The molecule has 0 heterocycles. The third-order valence-electron chi connectivity index (χ3n) is 3.50. The average Bonchev–Trinajstić information content (AvgIpc) is 2.84. The number of Topliss-reactive ketones (excluding diaryl/α,β-unsaturated/α-hetero) is 3. The first kappa shape index (κ1) is 13.2. The van der Waals surface area contributed by atoms with Crippen LogP contribution < -0.4 is 0 Å². The van der Waals surface area contributed by atoms with Crippen LogP contribution in [0.4, 0.5) is 0 Å². The van der Waals surface area contributed by atoms with Gasteiger partial charge in [0.2, 0.25) is 11.6 Å². The monoisotopic (exact) mass is 276 g/mol. The average molecular weight is 276 g/mol. The summed E-state index contributed by atoms with van der Waals surface area (Å²) >= 11 is 0. The highest BCUT2D eigenvalue weighted by Crippen LogP contribution is 2.31. The lowest BCUT2D eigenvalue weighted by Gasteiger charge is -2.05. The Labute approximate surface area is 121 Å². The zero-order chi connectivity index (χ0) is 14.8. The summed E-state index contributed by atoms with van der Waals surface area (Å²) in [5, 5.41) is 0. The molecule has 0 aliphatic heterocycles. The van der Waals surface area contributed by atoms with Crippen LogP contribution in [0.3, 0.4) is 0 Å².